The van der Waals surface area contributed by atoms with Crippen LogP contribution in [0.25, 0.3) is 0 Å². The topological polar surface area (TPSA) is 124 Å². The number of carbonyl (C=O) groups excluding carboxylic acids is 2. The van der Waals surface area contributed by atoms with E-state index in [0.29, 0.717) is 0 Å². The van der Waals surface area contributed by atoms with E-state index in [0.717, 1.165) is 12.3 Å². The molecule has 0 saturated carbocycles. The van der Waals surface area contributed by atoms with Gasteiger partial charge in [-0.05, 0) is 6.92 Å². The van der Waals surface area contributed by atoms with E-state index in [4.69, 9.17) is 5.73 Å². The second kappa shape index (κ2) is 7.46. The zero-order valence-corrected chi connectivity index (χ0v) is 12.4. The number of nitrogens with one attached hydrogen (secondary N) is 1. The lowest BCUT2D eigenvalue weighted by Crippen LogP contribution is -2.42. The Labute approximate surface area is 136 Å². The number of amides is 2. The zero-order valence-electron chi connectivity index (χ0n) is 12.4. The predicted octanol–water partition coefficient (Wildman–Crippen LogP) is 1.33. The van der Waals surface area contributed by atoms with Crippen LogP contribution in [0.2, 0.25) is 0 Å². The van der Waals surface area contributed by atoms with Crippen LogP contribution in [0.4, 0.5) is 26.7 Å². The highest BCUT2D eigenvalue weighted by Gasteiger charge is 2.58. The maximum absolute atomic E-state index is 12.8. The van der Waals surface area contributed by atoms with Crippen LogP contribution in [0.3, 0.4) is 0 Å². The van der Waals surface area contributed by atoms with Crippen molar-refractivity contribution in [2.45, 2.75) is 25.1 Å². The van der Waals surface area contributed by atoms with Gasteiger partial charge in [0.25, 0.3) is 5.88 Å². The first-order chi connectivity index (χ1) is 11.3. The monoisotopic (exact) mass is 373 g/mol. The molecule has 1 aromatic rings. The Balaban J connectivity index is 2.82. The number of ether oxygens (including phenoxy) is 2. The number of pyridine rings is 1. The normalized spacial score (nSPS) is 13.1. The molecule has 2 amide bonds. The van der Waals surface area contributed by atoms with Crippen LogP contribution >= 0.6 is 0 Å². The van der Waals surface area contributed by atoms with Gasteiger partial charge in [0.2, 0.25) is 11.7 Å². The highest BCUT2D eigenvalue weighted by atomic mass is 19.4. The molecule has 1 rings (SSSR count). The number of aromatic nitrogens is 1. The summed E-state index contributed by atoms with van der Waals surface area (Å²) in [5.74, 6) is -8.96. The van der Waals surface area contributed by atoms with Crippen molar-refractivity contribution in [1.29, 1.82) is 0 Å². The highest BCUT2D eigenvalue weighted by Crippen LogP contribution is 2.38. The summed E-state index contributed by atoms with van der Waals surface area (Å²) in [6.07, 6.45) is -6.46. The van der Waals surface area contributed by atoms with E-state index in [2.05, 4.69) is 14.5 Å². The SMILES string of the molecule is C[C@H](N)C(=O)NC(=O)Oc1nccc(OCC(F)(F)C(F)(F)F)c1O. The minimum absolute atomic E-state index is 0.764. The summed E-state index contributed by atoms with van der Waals surface area (Å²) in [4.78, 5) is 25.9. The first-order valence-electron chi connectivity index (χ1n) is 6.38. The van der Waals surface area contributed by atoms with E-state index in [-0.39, 0.29) is 0 Å². The van der Waals surface area contributed by atoms with Crippen LogP contribution in [0, 0.1) is 0 Å². The van der Waals surface area contributed by atoms with Crippen molar-refractivity contribution in [3.8, 4) is 17.4 Å². The fourth-order valence-electron chi connectivity index (χ4n) is 1.19. The molecule has 140 valence electrons. The lowest BCUT2D eigenvalue weighted by atomic mass is 10.3. The molecule has 0 spiro atoms. The second-order valence-electron chi connectivity index (χ2n) is 4.62. The van der Waals surface area contributed by atoms with Crippen molar-refractivity contribution in [2.75, 3.05) is 6.61 Å². The van der Waals surface area contributed by atoms with Crippen LogP contribution in [-0.4, -0.2) is 46.8 Å². The average molecular weight is 373 g/mol. The molecule has 0 unspecified atom stereocenters. The van der Waals surface area contributed by atoms with Gasteiger partial charge in [0.05, 0.1) is 6.04 Å². The molecule has 1 atom stereocenters. The van der Waals surface area contributed by atoms with Gasteiger partial charge in [-0.15, -0.1) is 0 Å². The van der Waals surface area contributed by atoms with Crippen LogP contribution in [0.1, 0.15) is 6.92 Å². The number of rotatable bonds is 5. The number of imide groups is 1. The molecular formula is C12H12F5N3O5. The van der Waals surface area contributed by atoms with Crippen molar-refractivity contribution >= 4 is 12.0 Å². The van der Waals surface area contributed by atoms with Gasteiger partial charge in [-0.2, -0.15) is 22.0 Å². The molecule has 0 aromatic carbocycles. The smallest absolute Gasteiger partial charge is 0.456 e. The third kappa shape index (κ3) is 5.41. The van der Waals surface area contributed by atoms with E-state index in [1.807, 2.05) is 0 Å². The summed E-state index contributed by atoms with van der Waals surface area (Å²) >= 11 is 0. The molecule has 13 heteroatoms. The Kier molecular flexibility index (Phi) is 6.07. The standard InChI is InChI=1S/C12H12F5N3O5/c1-5(18)8(22)20-10(23)25-9-7(21)6(2-3-19-9)24-4-11(13,14)12(15,16)17/h2-3,5,21H,4,18H2,1H3,(H,20,22,23)/t5-/m0/s1. The number of aromatic hydroxyl groups is 1. The molecule has 0 aliphatic rings. The maximum Gasteiger partial charge on any atom is 0.456 e. The van der Waals surface area contributed by atoms with Crippen LogP contribution < -0.4 is 20.5 Å². The van der Waals surface area contributed by atoms with Crippen molar-refractivity contribution < 1.29 is 46.1 Å². The Hall–Kier alpha value is -2.70. The summed E-state index contributed by atoms with van der Waals surface area (Å²) in [7, 11) is 0. The molecule has 8 nitrogen and oxygen atoms in total. The summed E-state index contributed by atoms with van der Waals surface area (Å²) in [5, 5.41) is 11.3. The fraction of sp³-hybridized carbons (Fsp3) is 0.417. The van der Waals surface area contributed by atoms with Crippen LogP contribution in [0.15, 0.2) is 12.3 Å². The molecule has 0 radical (unpaired) electrons. The molecule has 0 aliphatic heterocycles. The van der Waals surface area contributed by atoms with Crippen molar-refractivity contribution in [3.63, 3.8) is 0 Å². The van der Waals surface area contributed by atoms with E-state index < -0.39 is 54.1 Å². The molecule has 0 aliphatic carbocycles. The average Bonchev–Trinajstić information content (AvgIpc) is 2.46. The molecule has 0 fully saturated rings. The van der Waals surface area contributed by atoms with E-state index in [9.17, 15) is 36.6 Å². The molecule has 4 N–H and O–H groups in total. The van der Waals surface area contributed by atoms with E-state index in [1.54, 1.807) is 5.32 Å². The molecule has 25 heavy (non-hydrogen) atoms. The Morgan fingerprint density at radius 3 is 2.48 bits per heavy atom. The van der Waals surface area contributed by atoms with Gasteiger partial charge in [-0.25, -0.2) is 9.78 Å². The van der Waals surface area contributed by atoms with Crippen molar-refractivity contribution in [1.82, 2.24) is 10.3 Å². The van der Waals surface area contributed by atoms with Crippen molar-refractivity contribution in [3.05, 3.63) is 12.3 Å². The summed E-state index contributed by atoms with van der Waals surface area (Å²) in [6, 6.07) is -0.298. The van der Waals surface area contributed by atoms with Gasteiger partial charge in [0.15, 0.2) is 12.4 Å². The van der Waals surface area contributed by atoms with Gasteiger partial charge in [0.1, 0.15) is 0 Å². The van der Waals surface area contributed by atoms with Crippen molar-refractivity contribution in [2.24, 2.45) is 5.73 Å². The highest BCUT2D eigenvalue weighted by molar-refractivity contribution is 5.95. The quantitative estimate of drug-likeness (QED) is 0.665. The minimum atomic E-state index is -5.85. The van der Waals surface area contributed by atoms with Crippen LogP contribution in [-0.2, 0) is 4.79 Å². The summed E-state index contributed by atoms with van der Waals surface area (Å²) in [5.41, 5.74) is 5.18. The molecule has 1 heterocycles. The van der Waals surface area contributed by atoms with Gasteiger partial charge in [0, 0.05) is 12.3 Å². The van der Waals surface area contributed by atoms with E-state index in [1.165, 1.54) is 6.92 Å². The number of nitrogens with zero attached hydrogens (tertiary/aromatic N) is 1. The molecule has 0 bridgehead atoms. The first kappa shape index (κ1) is 20.3. The van der Waals surface area contributed by atoms with Gasteiger partial charge >= 0.3 is 18.2 Å². The van der Waals surface area contributed by atoms with Gasteiger partial charge < -0.3 is 20.3 Å². The minimum Gasteiger partial charge on any atom is -0.501 e. The number of hydrogen-bond donors (Lipinski definition) is 3. The zero-order chi connectivity index (χ0) is 19.4. The number of nitrogens with two attached hydrogens (primary N) is 1. The first-order valence-corrected chi connectivity index (χ1v) is 6.38. The molecular weight excluding hydrogens is 361 g/mol. The van der Waals surface area contributed by atoms with Crippen LogP contribution in [0.5, 0.6) is 17.4 Å². The Morgan fingerprint density at radius 2 is 1.96 bits per heavy atom. The summed E-state index contributed by atoms with van der Waals surface area (Å²) < 4.78 is 70.4. The lowest BCUT2D eigenvalue weighted by Gasteiger charge is -2.20. The Bertz CT molecular complexity index is 651. The second-order valence-corrected chi connectivity index (χ2v) is 4.62. The predicted molar refractivity (Wildman–Crippen MR) is 70.2 cm³/mol. The largest absolute Gasteiger partial charge is 0.501 e. The number of halogens is 5. The van der Waals surface area contributed by atoms with E-state index >= 15 is 0 Å². The molecule has 1 aromatic heterocycles. The number of hydrogen-bond acceptors (Lipinski definition) is 7. The molecule has 0 saturated heterocycles. The van der Waals surface area contributed by atoms with Gasteiger partial charge in [-0.1, -0.05) is 0 Å². The lowest BCUT2D eigenvalue weighted by molar-refractivity contribution is -0.290. The third-order valence-electron chi connectivity index (χ3n) is 2.51. The third-order valence-corrected chi connectivity index (χ3v) is 2.51. The number of carbonyl (C=O) groups is 2. The van der Waals surface area contributed by atoms with Gasteiger partial charge in [-0.3, -0.25) is 10.1 Å². The Morgan fingerprint density at radius 1 is 1.36 bits per heavy atom. The maximum atomic E-state index is 12.8. The summed E-state index contributed by atoms with van der Waals surface area (Å²) in [6.45, 7) is -0.865. The number of alkyl halides is 5. The fourth-order valence-corrected chi connectivity index (χ4v) is 1.19.